The molecule has 3 aromatic rings. The molecule has 0 radical (unpaired) electrons. The van der Waals surface area contributed by atoms with Crippen molar-refractivity contribution < 1.29 is 9.21 Å². The first-order valence-corrected chi connectivity index (χ1v) is 8.16. The van der Waals surface area contributed by atoms with Crippen molar-refractivity contribution in [1.29, 1.82) is 0 Å². The van der Waals surface area contributed by atoms with Crippen LogP contribution in [0, 0.1) is 6.92 Å². The quantitative estimate of drug-likeness (QED) is 0.740. The van der Waals surface area contributed by atoms with Gasteiger partial charge in [-0.1, -0.05) is 0 Å². The Morgan fingerprint density at radius 2 is 2.25 bits per heavy atom. The first-order chi connectivity index (χ1) is 11.5. The minimum atomic E-state index is -0.0307. The van der Waals surface area contributed by atoms with Crippen LogP contribution in [0.15, 0.2) is 28.9 Å². The predicted octanol–water partition coefficient (Wildman–Crippen LogP) is 3.02. The number of hydrogen-bond acceptors (Lipinski definition) is 4. The van der Waals surface area contributed by atoms with Gasteiger partial charge in [-0.25, -0.2) is 4.98 Å². The zero-order chi connectivity index (χ0) is 16.8. The maximum Gasteiger partial charge on any atom is 0.254 e. The molecule has 6 heteroatoms. The van der Waals surface area contributed by atoms with E-state index in [0.717, 1.165) is 41.0 Å². The van der Waals surface area contributed by atoms with Crippen LogP contribution in [0.2, 0.25) is 0 Å². The van der Waals surface area contributed by atoms with E-state index in [-0.39, 0.29) is 5.91 Å². The van der Waals surface area contributed by atoms with Crippen LogP contribution in [0.4, 0.5) is 0 Å². The molecule has 24 heavy (non-hydrogen) atoms. The lowest BCUT2D eigenvalue weighted by molar-refractivity contribution is 0.0777. The van der Waals surface area contributed by atoms with Crippen molar-refractivity contribution in [3.63, 3.8) is 0 Å². The van der Waals surface area contributed by atoms with Crippen LogP contribution < -0.4 is 0 Å². The Kier molecular flexibility index (Phi) is 3.40. The molecule has 0 N–H and O–H groups in total. The molecule has 0 atom stereocenters. The SMILES string of the molecule is Cc1nn(C)c2nc(C3CC3)cc(C(=O)N(C)Cc3ccco3)c12. The third-order valence-corrected chi connectivity index (χ3v) is 4.53. The fourth-order valence-corrected chi connectivity index (χ4v) is 3.13. The summed E-state index contributed by atoms with van der Waals surface area (Å²) < 4.78 is 7.12. The molecule has 1 saturated carbocycles. The van der Waals surface area contributed by atoms with E-state index in [2.05, 4.69) is 5.10 Å². The van der Waals surface area contributed by atoms with Crippen LogP contribution in [0.25, 0.3) is 11.0 Å². The zero-order valence-corrected chi connectivity index (χ0v) is 14.1. The molecule has 3 aromatic heterocycles. The first kappa shape index (κ1) is 14.9. The molecule has 1 aliphatic rings. The Morgan fingerprint density at radius 3 is 2.92 bits per heavy atom. The summed E-state index contributed by atoms with van der Waals surface area (Å²) in [6.45, 7) is 2.36. The second kappa shape index (κ2) is 5.47. The van der Waals surface area contributed by atoms with E-state index in [0.29, 0.717) is 18.0 Å². The lowest BCUT2D eigenvalue weighted by Crippen LogP contribution is -2.26. The van der Waals surface area contributed by atoms with Gasteiger partial charge < -0.3 is 9.32 Å². The van der Waals surface area contributed by atoms with E-state index >= 15 is 0 Å². The number of rotatable bonds is 4. The van der Waals surface area contributed by atoms with Gasteiger partial charge in [0.15, 0.2) is 5.65 Å². The molecule has 1 fully saturated rings. The number of furan rings is 1. The Balaban J connectivity index is 1.77. The Bertz CT molecular complexity index is 907. The number of fused-ring (bicyclic) bond motifs is 1. The molecule has 0 aliphatic heterocycles. The molecule has 1 amide bonds. The number of carbonyl (C=O) groups excluding carboxylic acids is 1. The van der Waals surface area contributed by atoms with Crippen LogP contribution in [0.1, 0.15) is 46.3 Å². The average molecular weight is 324 g/mol. The van der Waals surface area contributed by atoms with Crippen molar-refractivity contribution in [3.8, 4) is 0 Å². The van der Waals surface area contributed by atoms with Crippen molar-refractivity contribution >= 4 is 16.9 Å². The predicted molar refractivity (Wildman–Crippen MR) is 89.7 cm³/mol. The van der Waals surface area contributed by atoms with Crippen LogP contribution in [-0.4, -0.2) is 32.6 Å². The molecular formula is C18H20N4O2. The molecule has 0 aromatic carbocycles. The molecule has 0 bridgehead atoms. The van der Waals surface area contributed by atoms with E-state index in [4.69, 9.17) is 9.40 Å². The Hall–Kier alpha value is -2.63. The van der Waals surface area contributed by atoms with Crippen molar-refractivity contribution in [1.82, 2.24) is 19.7 Å². The first-order valence-electron chi connectivity index (χ1n) is 8.16. The molecule has 0 saturated heterocycles. The van der Waals surface area contributed by atoms with E-state index in [1.54, 1.807) is 22.9 Å². The highest BCUT2D eigenvalue weighted by molar-refractivity contribution is 6.06. The minimum absolute atomic E-state index is 0.0307. The van der Waals surface area contributed by atoms with Crippen molar-refractivity contribution in [3.05, 3.63) is 47.2 Å². The summed E-state index contributed by atoms with van der Waals surface area (Å²) in [6, 6.07) is 5.65. The number of aryl methyl sites for hydroxylation is 2. The van der Waals surface area contributed by atoms with Crippen LogP contribution in [0.5, 0.6) is 0 Å². The lowest BCUT2D eigenvalue weighted by Gasteiger charge is -2.17. The summed E-state index contributed by atoms with van der Waals surface area (Å²) in [5.41, 5.74) is 3.30. The minimum Gasteiger partial charge on any atom is -0.467 e. The molecule has 0 unspecified atom stereocenters. The van der Waals surface area contributed by atoms with Crippen molar-refractivity contribution in [2.45, 2.75) is 32.2 Å². The summed E-state index contributed by atoms with van der Waals surface area (Å²) >= 11 is 0. The summed E-state index contributed by atoms with van der Waals surface area (Å²) in [7, 11) is 3.67. The highest BCUT2D eigenvalue weighted by atomic mass is 16.3. The zero-order valence-electron chi connectivity index (χ0n) is 14.1. The number of carbonyl (C=O) groups is 1. The molecular weight excluding hydrogens is 304 g/mol. The van der Waals surface area contributed by atoms with Gasteiger partial charge in [-0.15, -0.1) is 0 Å². The molecule has 3 heterocycles. The third-order valence-electron chi connectivity index (χ3n) is 4.53. The van der Waals surface area contributed by atoms with Gasteiger partial charge in [-0.05, 0) is 38.0 Å². The number of aromatic nitrogens is 3. The van der Waals surface area contributed by atoms with Gasteiger partial charge in [-0.2, -0.15) is 5.10 Å². The lowest BCUT2D eigenvalue weighted by atomic mass is 10.1. The Labute approximate surface area is 140 Å². The third kappa shape index (κ3) is 2.48. The second-order valence-corrected chi connectivity index (χ2v) is 6.52. The second-order valence-electron chi connectivity index (χ2n) is 6.52. The van der Waals surface area contributed by atoms with Gasteiger partial charge >= 0.3 is 0 Å². The van der Waals surface area contributed by atoms with E-state index in [1.807, 2.05) is 32.2 Å². The van der Waals surface area contributed by atoms with E-state index < -0.39 is 0 Å². The standard InChI is InChI=1S/C18H20N4O2/c1-11-16-14(18(23)21(2)10-13-5-4-8-24-13)9-15(12-6-7-12)19-17(16)22(3)20-11/h4-5,8-9,12H,6-7,10H2,1-3H3. The van der Waals surface area contributed by atoms with Gasteiger partial charge in [0.1, 0.15) is 5.76 Å². The number of hydrogen-bond donors (Lipinski definition) is 0. The fourth-order valence-electron chi connectivity index (χ4n) is 3.13. The van der Waals surface area contributed by atoms with Gasteiger partial charge in [-0.3, -0.25) is 9.48 Å². The molecule has 0 spiro atoms. The smallest absolute Gasteiger partial charge is 0.254 e. The normalized spacial score (nSPS) is 14.3. The Morgan fingerprint density at radius 1 is 1.46 bits per heavy atom. The average Bonchev–Trinajstić information content (AvgIpc) is 3.22. The van der Waals surface area contributed by atoms with Gasteiger partial charge in [0.2, 0.25) is 0 Å². The molecule has 4 rings (SSSR count). The summed E-state index contributed by atoms with van der Waals surface area (Å²) in [5, 5.41) is 5.30. The van der Waals surface area contributed by atoms with Crippen molar-refractivity contribution in [2.24, 2.45) is 7.05 Å². The highest BCUT2D eigenvalue weighted by Gasteiger charge is 2.29. The fraction of sp³-hybridized carbons (Fsp3) is 0.389. The maximum absolute atomic E-state index is 13.1. The van der Waals surface area contributed by atoms with E-state index in [1.165, 1.54) is 0 Å². The summed E-state index contributed by atoms with van der Waals surface area (Å²) in [4.78, 5) is 19.5. The van der Waals surface area contributed by atoms with Crippen LogP contribution >= 0.6 is 0 Å². The van der Waals surface area contributed by atoms with Crippen LogP contribution in [-0.2, 0) is 13.6 Å². The number of nitrogens with zero attached hydrogens (tertiary/aromatic N) is 4. The molecule has 1 aliphatic carbocycles. The number of pyridine rings is 1. The van der Waals surface area contributed by atoms with Crippen LogP contribution in [0.3, 0.4) is 0 Å². The highest BCUT2D eigenvalue weighted by Crippen LogP contribution is 2.40. The number of amides is 1. The maximum atomic E-state index is 13.1. The summed E-state index contributed by atoms with van der Waals surface area (Å²) in [6.07, 6.45) is 3.91. The monoisotopic (exact) mass is 324 g/mol. The largest absolute Gasteiger partial charge is 0.467 e. The molecule has 124 valence electrons. The summed E-state index contributed by atoms with van der Waals surface area (Å²) in [5.74, 6) is 1.21. The van der Waals surface area contributed by atoms with Gasteiger partial charge in [0, 0.05) is 25.7 Å². The van der Waals surface area contributed by atoms with Crippen molar-refractivity contribution in [2.75, 3.05) is 7.05 Å². The topological polar surface area (TPSA) is 64.2 Å². The van der Waals surface area contributed by atoms with Gasteiger partial charge in [0.05, 0.1) is 29.5 Å². The van der Waals surface area contributed by atoms with E-state index in [9.17, 15) is 4.79 Å². The van der Waals surface area contributed by atoms with Gasteiger partial charge in [0.25, 0.3) is 5.91 Å². The molecule has 6 nitrogen and oxygen atoms in total.